The second kappa shape index (κ2) is 5.36. The van der Waals surface area contributed by atoms with Crippen molar-refractivity contribution in [3.05, 3.63) is 35.8 Å². The van der Waals surface area contributed by atoms with Gasteiger partial charge >= 0.3 is 0 Å². The number of benzene rings is 1. The van der Waals surface area contributed by atoms with Gasteiger partial charge in [0.2, 0.25) is 0 Å². The predicted octanol–water partition coefficient (Wildman–Crippen LogP) is 2.09. The average molecular weight is 267 g/mol. The van der Waals surface area contributed by atoms with Crippen LogP contribution in [0.3, 0.4) is 0 Å². The van der Waals surface area contributed by atoms with E-state index in [-0.39, 0.29) is 11.3 Å². The lowest BCUT2D eigenvalue weighted by Crippen LogP contribution is -2.10. The van der Waals surface area contributed by atoms with Gasteiger partial charge in [0, 0.05) is 18.7 Å². The minimum absolute atomic E-state index is 0.112. The number of rotatable bonds is 4. The Bertz CT molecular complexity index is 596. The van der Waals surface area contributed by atoms with Gasteiger partial charge in [0.05, 0.1) is 25.5 Å². The van der Waals surface area contributed by atoms with Crippen molar-refractivity contribution in [2.75, 3.05) is 14.2 Å². The lowest BCUT2D eigenvalue weighted by atomic mass is 10.1. The van der Waals surface area contributed by atoms with E-state index in [1.54, 1.807) is 18.7 Å². The van der Waals surface area contributed by atoms with Crippen molar-refractivity contribution < 1.29 is 13.5 Å². The summed E-state index contributed by atoms with van der Waals surface area (Å²) in [6, 6.07) is 2.16. The van der Waals surface area contributed by atoms with Crippen molar-refractivity contribution >= 4 is 0 Å². The van der Waals surface area contributed by atoms with Crippen molar-refractivity contribution in [2.24, 2.45) is 7.05 Å². The van der Waals surface area contributed by atoms with Crippen LogP contribution in [0.25, 0.3) is 11.3 Å². The van der Waals surface area contributed by atoms with E-state index < -0.39 is 11.6 Å². The van der Waals surface area contributed by atoms with E-state index in [1.165, 1.54) is 13.3 Å². The molecule has 19 heavy (non-hydrogen) atoms. The summed E-state index contributed by atoms with van der Waals surface area (Å²) in [6.07, 6.45) is 1.52. The highest BCUT2D eigenvalue weighted by atomic mass is 19.1. The summed E-state index contributed by atoms with van der Waals surface area (Å²) < 4.78 is 34.1. The van der Waals surface area contributed by atoms with E-state index >= 15 is 0 Å². The Balaban J connectivity index is 2.50. The number of nitrogens with one attached hydrogen (secondary N) is 1. The molecule has 0 radical (unpaired) electrons. The van der Waals surface area contributed by atoms with Crippen LogP contribution in [0.1, 0.15) is 5.82 Å². The topological polar surface area (TPSA) is 39.1 Å². The zero-order valence-corrected chi connectivity index (χ0v) is 11.0. The maximum Gasteiger partial charge on any atom is 0.165 e. The van der Waals surface area contributed by atoms with Gasteiger partial charge in [-0.15, -0.1) is 0 Å². The minimum Gasteiger partial charge on any atom is -0.494 e. The molecule has 0 aliphatic heterocycles. The highest BCUT2D eigenvalue weighted by Gasteiger charge is 2.16. The first-order valence-electron chi connectivity index (χ1n) is 5.77. The number of halogens is 2. The number of hydrogen-bond acceptors (Lipinski definition) is 3. The highest BCUT2D eigenvalue weighted by molar-refractivity contribution is 5.61. The molecule has 0 fully saturated rings. The Hall–Kier alpha value is -1.95. The van der Waals surface area contributed by atoms with Crippen LogP contribution >= 0.6 is 0 Å². The molecule has 0 saturated carbocycles. The van der Waals surface area contributed by atoms with Crippen molar-refractivity contribution in [2.45, 2.75) is 6.54 Å². The zero-order valence-electron chi connectivity index (χ0n) is 11.0. The third-order valence-corrected chi connectivity index (χ3v) is 2.94. The van der Waals surface area contributed by atoms with Gasteiger partial charge in [-0.1, -0.05) is 0 Å². The maximum atomic E-state index is 14.0. The third kappa shape index (κ3) is 2.44. The van der Waals surface area contributed by atoms with E-state index in [4.69, 9.17) is 4.74 Å². The number of imidazole rings is 1. The second-order valence-electron chi connectivity index (χ2n) is 4.12. The van der Waals surface area contributed by atoms with Gasteiger partial charge in [-0.05, 0) is 13.1 Å². The number of nitrogens with zero attached hydrogens (tertiary/aromatic N) is 2. The Morgan fingerprint density at radius 2 is 2.05 bits per heavy atom. The van der Waals surface area contributed by atoms with E-state index in [2.05, 4.69) is 10.3 Å². The summed E-state index contributed by atoms with van der Waals surface area (Å²) in [6.45, 7) is 0.552. The van der Waals surface area contributed by atoms with Gasteiger partial charge in [0.25, 0.3) is 0 Å². The molecule has 1 N–H and O–H groups in total. The van der Waals surface area contributed by atoms with Gasteiger partial charge in [-0.2, -0.15) is 0 Å². The summed E-state index contributed by atoms with van der Waals surface area (Å²) in [5.74, 6) is -0.514. The molecule has 1 aromatic carbocycles. The first-order valence-corrected chi connectivity index (χ1v) is 5.77. The first kappa shape index (κ1) is 13.5. The molecular weight excluding hydrogens is 252 g/mol. The number of hydrogen-bond donors (Lipinski definition) is 1. The van der Waals surface area contributed by atoms with E-state index in [0.29, 0.717) is 12.2 Å². The van der Waals surface area contributed by atoms with Gasteiger partial charge in [0.1, 0.15) is 11.6 Å². The molecule has 2 rings (SSSR count). The van der Waals surface area contributed by atoms with Crippen molar-refractivity contribution in [1.82, 2.24) is 14.9 Å². The third-order valence-electron chi connectivity index (χ3n) is 2.94. The molecule has 0 unspecified atom stereocenters. The molecule has 2 aromatic rings. The van der Waals surface area contributed by atoms with Crippen molar-refractivity contribution in [3.8, 4) is 17.0 Å². The second-order valence-corrected chi connectivity index (χ2v) is 4.12. The van der Waals surface area contributed by atoms with E-state index in [1.807, 2.05) is 0 Å². The number of ether oxygens (including phenoxy) is 1. The molecule has 0 amide bonds. The largest absolute Gasteiger partial charge is 0.494 e. The normalized spacial score (nSPS) is 10.8. The summed E-state index contributed by atoms with van der Waals surface area (Å²) >= 11 is 0. The van der Waals surface area contributed by atoms with E-state index in [9.17, 15) is 8.78 Å². The minimum atomic E-state index is -0.602. The Morgan fingerprint density at radius 3 is 2.68 bits per heavy atom. The monoisotopic (exact) mass is 267 g/mol. The fraction of sp³-hybridized carbons (Fsp3) is 0.308. The number of aromatic nitrogens is 2. The summed E-state index contributed by atoms with van der Waals surface area (Å²) in [4.78, 5) is 4.18. The van der Waals surface area contributed by atoms with E-state index in [0.717, 1.165) is 18.0 Å². The van der Waals surface area contributed by atoms with Crippen molar-refractivity contribution in [3.63, 3.8) is 0 Å². The van der Waals surface area contributed by atoms with Gasteiger partial charge in [-0.25, -0.2) is 13.8 Å². The fourth-order valence-corrected chi connectivity index (χ4v) is 1.90. The Kier molecular flexibility index (Phi) is 3.80. The molecular formula is C13H15F2N3O. The average Bonchev–Trinajstić information content (AvgIpc) is 2.74. The van der Waals surface area contributed by atoms with Crippen LogP contribution in [-0.2, 0) is 13.6 Å². The molecule has 1 aromatic heterocycles. The quantitative estimate of drug-likeness (QED) is 0.922. The molecule has 0 saturated heterocycles. The van der Waals surface area contributed by atoms with Crippen LogP contribution in [0, 0.1) is 11.6 Å². The van der Waals surface area contributed by atoms with Crippen LogP contribution < -0.4 is 10.1 Å². The predicted molar refractivity (Wildman–Crippen MR) is 67.9 cm³/mol. The van der Waals surface area contributed by atoms with Crippen LogP contribution in [-0.4, -0.2) is 23.7 Å². The standard InChI is InChI=1S/C13H15F2N3O/c1-16-7-13-17-6-11(18(13)2)8-4-10(15)12(19-3)5-9(8)14/h4-6,16H,7H2,1-3H3. The molecule has 0 bridgehead atoms. The summed E-state index contributed by atoms with van der Waals surface area (Å²) in [5.41, 5.74) is 0.681. The molecule has 102 valence electrons. The summed E-state index contributed by atoms with van der Waals surface area (Å²) in [7, 11) is 4.85. The molecule has 6 heteroatoms. The lowest BCUT2D eigenvalue weighted by Gasteiger charge is -2.09. The smallest absolute Gasteiger partial charge is 0.165 e. The molecule has 4 nitrogen and oxygen atoms in total. The van der Waals surface area contributed by atoms with Gasteiger partial charge in [-0.3, -0.25) is 0 Å². The first-order chi connectivity index (χ1) is 9.08. The van der Waals surface area contributed by atoms with Crippen LogP contribution in [0.5, 0.6) is 5.75 Å². The Morgan fingerprint density at radius 1 is 1.32 bits per heavy atom. The molecule has 0 aliphatic carbocycles. The van der Waals surface area contributed by atoms with Gasteiger partial charge in [0.15, 0.2) is 11.6 Å². The van der Waals surface area contributed by atoms with Crippen LogP contribution in [0.4, 0.5) is 8.78 Å². The SMILES string of the molecule is CNCc1ncc(-c2cc(F)c(OC)cc2F)n1C. The summed E-state index contributed by atoms with van der Waals surface area (Å²) in [5, 5.41) is 2.96. The molecule has 0 spiro atoms. The Labute approximate surface area is 110 Å². The van der Waals surface area contributed by atoms with Gasteiger partial charge < -0.3 is 14.6 Å². The highest BCUT2D eigenvalue weighted by Crippen LogP contribution is 2.29. The molecule has 0 atom stereocenters. The zero-order chi connectivity index (χ0) is 14.0. The van der Waals surface area contributed by atoms with Crippen LogP contribution in [0.15, 0.2) is 18.3 Å². The lowest BCUT2D eigenvalue weighted by molar-refractivity contribution is 0.383. The van der Waals surface area contributed by atoms with Crippen LogP contribution in [0.2, 0.25) is 0 Å². The fourth-order valence-electron chi connectivity index (χ4n) is 1.90. The molecule has 1 heterocycles. The maximum absolute atomic E-state index is 14.0. The van der Waals surface area contributed by atoms with Crippen molar-refractivity contribution in [1.29, 1.82) is 0 Å². The number of methoxy groups -OCH3 is 1. The molecule has 0 aliphatic rings.